The molecular weight excluding hydrogens is 319 g/mol. The summed E-state index contributed by atoms with van der Waals surface area (Å²) >= 11 is 3.21. The Labute approximate surface area is 97.1 Å². The maximum Gasteiger partial charge on any atom is 0.274 e. The highest BCUT2D eigenvalue weighted by Crippen LogP contribution is 2.39. The fourth-order valence-electron chi connectivity index (χ4n) is 1.27. The van der Waals surface area contributed by atoms with Crippen molar-refractivity contribution in [3.8, 4) is 0 Å². The highest BCUT2D eigenvalue weighted by Gasteiger charge is 2.17. The predicted octanol–water partition coefficient (Wildman–Crippen LogP) is 4.03. The molecule has 0 amide bonds. The maximum atomic E-state index is 12.5. The molecule has 1 aromatic heterocycles. The van der Waals surface area contributed by atoms with Crippen LogP contribution in [0.2, 0.25) is 0 Å². The first-order valence-electron chi connectivity index (χ1n) is 3.85. The number of rotatable bonds is 1. The van der Waals surface area contributed by atoms with E-state index >= 15 is 0 Å². The third-order valence-electron chi connectivity index (χ3n) is 1.92. The van der Waals surface area contributed by atoms with Gasteiger partial charge in [-0.25, -0.2) is 8.78 Å². The van der Waals surface area contributed by atoms with Crippen molar-refractivity contribution in [2.45, 2.75) is 6.43 Å². The summed E-state index contributed by atoms with van der Waals surface area (Å²) in [6, 6.07) is 5.51. The first-order valence-corrected chi connectivity index (χ1v) is 5.74. The van der Waals surface area contributed by atoms with E-state index in [9.17, 15) is 8.78 Å². The average Bonchev–Trinajstić information content (AvgIpc) is 2.43. The van der Waals surface area contributed by atoms with E-state index in [4.69, 9.17) is 5.73 Å². The Morgan fingerprint density at radius 1 is 1.36 bits per heavy atom. The van der Waals surface area contributed by atoms with Crippen LogP contribution in [0.5, 0.6) is 0 Å². The van der Waals surface area contributed by atoms with Crippen molar-refractivity contribution in [1.29, 1.82) is 0 Å². The van der Waals surface area contributed by atoms with E-state index in [1.54, 1.807) is 6.07 Å². The van der Waals surface area contributed by atoms with Crippen molar-refractivity contribution in [2.75, 3.05) is 5.73 Å². The van der Waals surface area contributed by atoms with Gasteiger partial charge in [0.1, 0.15) is 0 Å². The Morgan fingerprint density at radius 3 is 2.71 bits per heavy atom. The zero-order valence-corrected chi connectivity index (χ0v) is 9.90. The summed E-state index contributed by atoms with van der Waals surface area (Å²) in [4.78, 5) is -0.0259. The molecule has 0 fully saturated rings. The van der Waals surface area contributed by atoms with Crippen molar-refractivity contribution >= 4 is 49.7 Å². The summed E-state index contributed by atoms with van der Waals surface area (Å²) in [7, 11) is 0. The van der Waals surface area contributed by atoms with Crippen LogP contribution in [0.25, 0.3) is 10.1 Å². The predicted molar refractivity (Wildman–Crippen MR) is 63.9 cm³/mol. The summed E-state index contributed by atoms with van der Waals surface area (Å²) < 4.78 is 26.8. The molecule has 5 heteroatoms. The molecule has 0 atom stereocenters. The van der Waals surface area contributed by atoms with Gasteiger partial charge in [-0.05, 0) is 34.7 Å². The quantitative estimate of drug-likeness (QED) is 0.787. The Kier molecular flexibility index (Phi) is 2.61. The van der Waals surface area contributed by atoms with E-state index in [1.165, 1.54) is 0 Å². The summed E-state index contributed by atoms with van der Waals surface area (Å²) in [5, 5.41) is 0.728. The zero-order valence-electron chi connectivity index (χ0n) is 6.93. The third-order valence-corrected chi connectivity index (χ3v) is 3.76. The van der Waals surface area contributed by atoms with Crippen molar-refractivity contribution in [2.24, 2.45) is 0 Å². The van der Waals surface area contributed by atoms with Gasteiger partial charge in [-0.1, -0.05) is 6.07 Å². The second-order valence-corrected chi connectivity index (χ2v) is 5.15. The van der Waals surface area contributed by atoms with E-state index in [-0.39, 0.29) is 10.6 Å². The molecule has 0 spiro atoms. The maximum absolute atomic E-state index is 12.5. The van der Waals surface area contributed by atoms with Gasteiger partial charge >= 0.3 is 0 Å². The highest BCUT2D eigenvalue weighted by molar-refractivity contribution is 14.1. The first kappa shape index (κ1) is 10.1. The lowest BCUT2D eigenvalue weighted by atomic mass is 10.2. The molecule has 0 aliphatic rings. The van der Waals surface area contributed by atoms with Gasteiger partial charge in [-0.2, -0.15) is 0 Å². The first-order chi connectivity index (χ1) is 6.59. The summed E-state index contributed by atoms with van der Waals surface area (Å²) in [5.74, 6) is 0. The Bertz CT molecular complexity index is 481. The minimum absolute atomic E-state index is 0.0259. The molecule has 74 valence electrons. The number of benzene rings is 1. The van der Waals surface area contributed by atoms with Crippen LogP contribution in [0.3, 0.4) is 0 Å². The van der Waals surface area contributed by atoms with Gasteiger partial charge in [0.2, 0.25) is 0 Å². The number of hydrogen-bond donors (Lipinski definition) is 1. The molecule has 1 heterocycles. The molecule has 2 rings (SSSR count). The molecule has 0 saturated heterocycles. The van der Waals surface area contributed by atoms with Crippen LogP contribution in [0.4, 0.5) is 14.5 Å². The normalized spacial score (nSPS) is 11.4. The molecule has 0 unspecified atom stereocenters. The van der Waals surface area contributed by atoms with Crippen LogP contribution in [0.15, 0.2) is 18.2 Å². The highest BCUT2D eigenvalue weighted by atomic mass is 127. The number of fused-ring (bicyclic) bond motifs is 1. The van der Waals surface area contributed by atoms with Crippen LogP contribution in [0.1, 0.15) is 11.3 Å². The van der Waals surface area contributed by atoms with E-state index in [2.05, 4.69) is 22.6 Å². The molecule has 0 saturated carbocycles. The number of halogens is 3. The van der Waals surface area contributed by atoms with Gasteiger partial charge < -0.3 is 5.73 Å². The van der Waals surface area contributed by atoms with E-state index < -0.39 is 6.43 Å². The fourth-order valence-corrected chi connectivity index (χ4v) is 2.99. The van der Waals surface area contributed by atoms with Crippen LogP contribution in [-0.4, -0.2) is 0 Å². The second kappa shape index (κ2) is 3.62. The van der Waals surface area contributed by atoms with Crippen molar-refractivity contribution < 1.29 is 8.78 Å². The Morgan fingerprint density at radius 2 is 2.07 bits per heavy atom. The third kappa shape index (κ3) is 1.58. The van der Waals surface area contributed by atoms with Gasteiger partial charge in [-0.15, -0.1) is 11.3 Å². The number of alkyl halides is 2. The summed E-state index contributed by atoms with van der Waals surface area (Å²) in [6.07, 6.45) is -2.48. The second-order valence-electron chi connectivity index (χ2n) is 2.82. The van der Waals surface area contributed by atoms with E-state index in [0.717, 1.165) is 25.0 Å². The number of nitrogens with two attached hydrogens (primary N) is 1. The number of hydrogen-bond acceptors (Lipinski definition) is 2. The van der Waals surface area contributed by atoms with Gasteiger partial charge in [-0.3, -0.25) is 0 Å². The number of anilines is 1. The molecule has 1 aromatic carbocycles. The standard InChI is InChI=1S/C9H6F2INS/c10-9(11)8-7(13)5-2-1-4(12)3-6(5)14-8/h1-3,9H,13H2. The van der Waals surface area contributed by atoms with Crippen molar-refractivity contribution in [3.05, 3.63) is 26.6 Å². The molecule has 0 aliphatic heterocycles. The van der Waals surface area contributed by atoms with Crippen LogP contribution in [0, 0.1) is 3.57 Å². The number of nitrogen functional groups attached to an aromatic ring is 1. The molecule has 0 bridgehead atoms. The van der Waals surface area contributed by atoms with Crippen LogP contribution >= 0.6 is 33.9 Å². The smallest absolute Gasteiger partial charge is 0.274 e. The molecule has 2 aromatic rings. The lowest BCUT2D eigenvalue weighted by Gasteiger charge is -1.95. The fraction of sp³-hybridized carbons (Fsp3) is 0.111. The zero-order chi connectivity index (χ0) is 10.3. The molecular formula is C9H6F2INS. The lowest BCUT2D eigenvalue weighted by Crippen LogP contribution is -1.88. The molecule has 1 nitrogen and oxygen atoms in total. The minimum Gasteiger partial charge on any atom is -0.397 e. The van der Waals surface area contributed by atoms with Crippen molar-refractivity contribution in [1.82, 2.24) is 0 Å². The molecule has 14 heavy (non-hydrogen) atoms. The van der Waals surface area contributed by atoms with Crippen LogP contribution in [-0.2, 0) is 0 Å². The van der Waals surface area contributed by atoms with Gasteiger partial charge in [0, 0.05) is 13.7 Å². The summed E-state index contributed by atoms with van der Waals surface area (Å²) in [6.45, 7) is 0. The topological polar surface area (TPSA) is 26.0 Å². The monoisotopic (exact) mass is 325 g/mol. The minimum atomic E-state index is -2.48. The molecule has 0 radical (unpaired) electrons. The number of thiophene rings is 1. The van der Waals surface area contributed by atoms with Crippen LogP contribution < -0.4 is 5.73 Å². The average molecular weight is 325 g/mol. The Hall–Kier alpha value is -0.430. The Balaban J connectivity index is 2.73. The SMILES string of the molecule is Nc1c(C(F)F)sc2cc(I)ccc12. The van der Waals surface area contributed by atoms with E-state index in [0.29, 0.717) is 0 Å². The largest absolute Gasteiger partial charge is 0.397 e. The van der Waals surface area contributed by atoms with E-state index in [1.807, 2.05) is 12.1 Å². The van der Waals surface area contributed by atoms with Gasteiger partial charge in [0.25, 0.3) is 6.43 Å². The van der Waals surface area contributed by atoms with Gasteiger partial charge in [0.05, 0.1) is 10.6 Å². The molecule has 0 aliphatic carbocycles. The lowest BCUT2D eigenvalue weighted by molar-refractivity contribution is 0.156. The van der Waals surface area contributed by atoms with Crippen molar-refractivity contribution in [3.63, 3.8) is 0 Å². The molecule has 2 N–H and O–H groups in total. The summed E-state index contributed by atoms with van der Waals surface area (Å²) in [5.41, 5.74) is 5.84. The van der Waals surface area contributed by atoms with Gasteiger partial charge in [0.15, 0.2) is 0 Å².